The van der Waals surface area contributed by atoms with E-state index in [2.05, 4.69) is 20.6 Å². The summed E-state index contributed by atoms with van der Waals surface area (Å²) in [6.07, 6.45) is 3.85. The van der Waals surface area contributed by atoms with Crippen LogP contribution in [-0.4, -0.2) is 28.4 Å². The van der Waals surface area contributed by atoms with Crippen LogP contribution in [0.2, 0.25) is 0 Å². The second kappa shape index (κ2) is 7.77. The first-order chi connectivity index (χ1) is 13.6. The highest BCUT2D eigenvalue weighted by Crippen LogP contribution is 2.36. The number of thiazole rings is 1. The number of anilines is 1. The van der Waals surface area contributed by atoms with E-state index in [1.165, 1.54) is 24.5 Å². The normalized spacial score (nSPS) is 15.2. The summed E-state index contributed by atoms with van der Waals surface area (Å²) in [6.45, 7) is 2.08. The number of nitrogens with one attached hydrogen (secondary N) is 2. The van der Waals surface area contributed by atoms with Crippen LogP contribution in [0.15, 0.2) is 48.1 Å². The van der Waals surface area contributed by atoms with Crippen molar-refractivity contribution in [3.63, 3.8) is 0 Å². The van der Waals surface area contributed by atoms with Crippen molar-refractivity contribution in [1.82, 2.24) is 15.3 Å². The monoisotopic (exact) mass is 394 g/mol. The topological polar surface area (TPSA) is 93.2 Å². The summed E-state index contributed by atoms with van der Waals surface area (Å²) >= 11 is 1.35. The van der Waals surface area contributed by atoms with Gasteiger partial charge >= 0.3 is 0 Å². The lowest BCUT2D eigenvalue weighted by Gasteiger charge is -2.26. The Morgan fingerprint density at radius 1 is 1.29 bits per heavy atom. The van der Waals surface area contributed by atoms with Crippen LogP contribution in [0, 0.1) is 0 Å². The Morgan fingerprint density at radius 2 is 2.18 bits per heavy atom. The van der Waals surface area contributed by atoms with Gasteiger partial charge in [0, 0.05) is 42.2 Å². The minimum Gasteiger partial charge on any atom is -0.493 e. The SMILES string of the molecule is CC(=O)NC1CCOc2ccc(-c3csc(NC(=O)c4cccnc4)n3)cc21. The molecule has 1 aliphatic rings. The molecule has 1 aliphatic heterocycles. The number of rotatable bonds is 4. The minimum absolute atomic E-state index is 0.0719. The maximum atomic E-state index is 12.3. The van der Waals surface area contributed by atoms with Gasteiger partial charge in [-0.05, 0) is 30.3 Å². The number of nitrogens with zero attached hydrogens (tertiary/aromatic N) is 2. The summed E-state index contributed by atoms with van der Waals surface area (Å²) < 4.78 is 5.70. The van der Waals surface area contributed by atoms with E-state index < -0.39 is 0 Å². The predicted molar refractivity (Wildman–Crippen MR) is 106 cm³/mol. The van der Waals surface area contributed by atoms with Gasteiger partial charge < -0.3 is 10.1 Å². The van der Waals surface area contributed by atoms with Crippen molar-refractivity contribution >= 4 is 28.3 Å². The van der Waals surface area contributed by atoms with E-state index in [4.69, 9.17) is 4.74 Å². The number of ether oxygens (including phenoxy) is 1. The van der Waals surface area contributed by atoms with E-state index >= 15 is 0 Å². The van der Waals surface area contributed by atoms with Gasteiger partial charge in [0.25, 0.3) is 5.91 Å². The van der Waals surface area contributed by atoms with Crippen LogP contribution in [0.1, 0.15) is 35.3 Å². The maximum absolute atomic E-state index is 12.3. The molecule has 7 nitrogen and oxygen atoms in total. The van der Waals surface area contributed by atoms with E-state index in [0.29, 0.717) is 17.3 Å². The third-order valence-electron chi connectivity index (χ3n) is 4.37. The van der Waals surface area contributed by atoms with Crippen molar-refractivity contribution in [2.45, 2.75) is 19.4 Å². The lowest BCUT2D eigenvalue weighted by molar-refractivity contribution is -0.119. The molecule has 1 atom stereocenters. The van der Waals surface area contributed by atoms with Gasteiger partial charge in [-0.3, -0.25) is 19.9 Å². The van der Waals surface area contributed by atoms with E-state index in [9.17, 15) is 9.59 Å². The molecule has 0 saturated heterocycles. The Morgan fingerprint density at radius 3 is 2.96 bits per heavy atom. The van der Waals surface area contributed by atoms with Crippen LogP contribution in [-0.2, 0) is 4.79 Å². The molecule has 2 aromatic heterocycles. The standard InChI is InChI=1S/C20H18N4O3S/c1-12(25)22-16-6-8-27-18-5-4-13(9-15(16)18)17-11-28-20(23-17)24-19(26)14-3-2-7-21-10-14/h2-5,7,9-11,16H,6,8H2,1H3,(H,22,25)(H,23,24,26). The van der Waals surface area contributed by atoms with Crippen LogP contribution in [0.3, 0.4) is 0 Å². The molecule has 4 rings (SSSR count). The highest BCUT2D eigenvalue weighted by molar-refractivity contribution is 7.14. The first kappa shape index (κ1) is 18.1. The van der Waals surface area contributed by atoms with E-state index in [1.54, 1.807) is 18.3 Å². The number of pyridine rings is 1. The molecule has 0 spiro atoms. The van der Waals surface area contributed by atoms with Crippen molar-refractivity contribution in [1.29, 1.82) is 0 Å². The van der Waals surface area contributed by atoms with Gasteiger partial charge in [0.05, 0.1) is 23.9 Å². The molecule has 3 aromatic rings. The highest BCUT2D eigenvalue weighted by atomic mass is 32.1. The largest absolute Gasteiger partial charge is 0.493 e. The smallest absolute Gasteiger partial charge is 0.259 e. The maximum Gasteiger partial charge on any atom is 0.259 e. The third-order valence-corrected chi connectivity index (χ3v) is 5.13. The van der Waals surface area contributed by atoms with Gasteiger partial charge in [-0.15, -0.1) is 11.3 Å². The lowest BCUT2D eigenvalue weighted by Crippen LogP contribution is -2.30. The molecule has 142 valence electrons. The van der Waals surface area contributed by atoms with Crippen molar-refractivity contribution in [3.8, 4) is 17.0 Å². The first-order valence-corrected chi connectivity index (χ1v) is 9.69. The van der Waals surface area contributed by atoms with Crippen molar-refractivity contribution in [2.75, 3.05) is 11.9 Å². The zero-order chi connectivity index (χ0) is 19.5. The summed E-state index contributed by atoms with van der Waals surface area (Å²) in [4.78, 5) is 32.2. The fourth-order valence-electron chi connectivity index (χ4n) is 3.08. The second-order valence-corrected chi connectivity index (χ2v) is 7.23. The van der Waals surface area contributed by atoms with Crippen LogP contribution in [0.5, 0.6) is 5.75 Å². The molecule has 1 aromatic carbocycles. The molecule has 0 radical (unpaired) electrons. The molecule has 1 unspecified atom stereocenters. The Kier molecular flexibility index (Phi) is 5.03. The number of aromatic nitrogens is 2. The fraction of sp³-hybridized carbons (Fsp3) is 0.200. The quantitative estimate of drug-likeness (QED) is 0.707. The molecule has 28 heavy (non-hydrogen) atoms. The molecule has 0 aliphatic carbocycles. The summed E-state index contributed by atoms with van der Waals surface area (Å²) in [6, 6.07) is 9.13. The third kappa shape index (κ3) is 3.86. The number of fused-ring (bicyclic) bond motifs is 1. The van der Waals surface area contributed by atoms with Crippen molar-refractivity contribution < 1.29 is 14.3 Å². The number of carbonyl (C=O) groups excluding carboxylic acids is 2. The summed E-state index contributed by atoms with van der Waals surface area (Å²) in [7, 11) is 0. The van der Waals surface area contributed by atoms with Gasteiger partial charge in [-0.1, -0.05) is 0 Å². The van der Waals surface area contributed by atoms with Crippen LogP contribution in [0.25, 0.3) is 11.3 Å². The summed E-state index contributed by atoms with van der Waals surface area (Å²) in [5, 5.41) is 8.16. The molecule has 2 N–H and O–H groups in total. The molecule has 8 heteroatoms. The molecule has 2 amide bonds. The zero-order valence-electron chi connectivity index (χ0n) is 15.1. The Hall–Kier alpha value is -3.26. The van der Waals surface area contributed by atoms with Crippen LogP contribution in [0.4, 0.5) is 5.13 Å². The second-order valence-electron chi connectivity index (χ2n) is 6.38. The van der Waals surface area contributed by atoms with E-state index in [-0.39, 0.29) is 17.9 Å². The first-order valence-electron chi connectivity index (χ1n) is 8.81. The zero-order valence-corrected chi connectivity index (χ0v) is 16.0. The highest BCUT2D eigenvalue weighted by Gasteiger charge is 2.23. The summed E-state index contributed by atoms with van der Waals surface area (Å²) in [5.41, 5.74) is 3.07. The Bertz CT molecular complexity index is 1020. The molecular weight excluding hydrogens is 376 g/mol. The minimum atomic E-state index is -0.251. The summed E-state index contributed by atoms with van der Waals surface area (Å²) in [5.74, 6) is 0.449. The Labute approximate surface area is 165 Å². The Balaban J connectivity index is 1.55. The number of benzene rings is 1. The van der Waals surface area contributed by atoms with Crippen molar-refractivity contribution in [3.05, 3.63) is 59.2 Å². The molecule has 0 fully saturated rings. The number of amides is 2. The van der Waals surface area contributed by atoms with Gasteiger partial charge in [-0.2, -0.15) is 0 Å². The van der Waals surface area contributed by atoms with E-state index in [0.717, 1.165) is 29.0 Å². The number of hydrogen-bond acceptors (Lipinski definition) is 6. The van der Waals surface area contributed by atoms with Crippen LogP contribution < -0.4 is 15.4 Å². The average Bonchev–Trinajstić information content (AvgIpc) is 3.17. The lowest BCUT2D eigenvalue weighted by atomic mass is 9.97. The average molecular weight is 394 g/mol. The molecule has 0 saturated carbocycles. The predicted octanol–water partition coefficient (Wildman–Crippen LogP) is 3.42. The fourth-order valence-corrected chi connectivity index (χ4v) is 3.79. The van der Waals surface area contributed by atoms with E-state index in [1.807, 2.05) is 23.6 Å². The molecule has 0 bridgehead atoms. The molecular formula is C20H18N4O3S. The van der Waals surface area contributed by atoms with Crippen molar-refractivity contribution in [2.24, 2.45) is 0 Å². The number of hydrogen-bond donors (Lipinski definition) is 2. The van der Waals surface area contributed by atoms with Gasteiger partial charge in [0.1, 0.15) is 5.75 Å². The number of carbonyl (C=O) groups is 2. The molecule has 3 heterocycles. The van der Waals surface area contributed by atoms with Gasteiger partial charge in [-0.25, -0.2) is 4.98 Å². The van der Waals surface area contributed by atoms with Gasteiger partial charge in [0.2, 0.25) is 5.91 Å². The van der Waals surface area contributed by atoms with Crippen LogP contribution >= 0.6 is 11.3 Å². The van der Waals surface area contributed by atoms with Gasteiger partial charge in [0.15, 0.2) is 5.13 Å².